The predicted octanol–water partition coefficient (Wildman–Crippen LogP) is 1.91. The van der Waals surface area contributed by atoms with E-state index in [1.807, 2.05) is 26.0 Å². The number of hydrogen-bond acceptors (Lipinski definition) is 2. The van der Waals surface area contributed by atoms with Crippen molar-refractivity contribution in [3.63, 3.8) is 0 Å². The zero-order valence-electron chi connectivity index (χ0n) is 8.07. The van der Waals surface area contributed by atoms with Crippen LogP contribution in [-0.2, 0) is 0 Å². The minimum atomic E-state index is 0.128. The van der Waals surface area contributed by atoms with E-state index < -0.39 is 0 Å². The smallest absolute Gasteiger partial charge is 0.0941 e. The van der Waals surface area contributed by atoms with Crippen LogP contribution in [0.5, 0.6) is 0 Å². The van der Waals surface area contributed by atoms with Gasteiger partial charge in [0.15, 0.2) is 0 Å². The summed E-state index contributed by atoms with van der Waals surface area (Å²) in [7, 11) is 0. The van der Waals surface area contributed by atoms with Crippen molar-refractivity contribution in [2.24, 2.45) is 10.7 Å². The van der Waals surface area contributed by atoms with Gasteiger partial charge in [-0.2, -0.15) is 0 Å². The molecule has 0 amide bonds. The zero-order chi connectivity index (χ0) is 9.68. The van der Waals surface area contributed by atoms with Crippen LogP contribution in [-0.4, -0.2) is 10.8 Å². The molecule has 0 aliphatic heterocycles. The van der Waals surface area contributed by atoms with Crippen molar-refractivity contribution in [1.82, 2.24) is 4.98 Å². The number of pyridine rings is 1. The molecule has 0 bridgehead atoms. The number of hydrogen-bond donors (Lipinski definition) is 1. The summed E-state index contributed by atoms with van der Waals surface area (Å²) in [6.45, 7) is 4.02. The lowest BCUT2D eigenvalue weighted by Gasteiger charge is -2.06. The van der Waals surface area contributed by atoms with Crippen LogP contribution in [0.2, 0.25) is 0 Å². The Morgan fingerprint density at radius 1 is 1.54 bits per heavy atom. The first-order valence-corrected chi connectivity index (χ1v) is 4.46. The molecule has 0 radical (unpaired) electrons. The number of rotatable bonds is 3. The Kier molecular flexibility index (Phi) is 3.43. The largest absolute Gasteiger partial charge is 0.387 e. The van der Waals surface area contributed by atoms with E-state index in [4.69, 9.17) is 5.73 Å². The molecule has 3 heteroatoms. The van der Waals surface area contributed by atoms with Gasteiger partial charge < -0.3 is 5.73 Å². The average Bonchev–Trinajstić information content (AvgIpc) is 2.19. The van der Waals surface area contributed by atoms with Crippen LogP contribution in [0.4, 0.5) is 0 Å². The molecule has 0 aliphatic rings. The minimum absolute atomic E-state index is 0.128. The molecule has 0 spiro atoms. The Labute approximate surface area is 78.7 Å². The molecule has 0 fully saturated rings. The monoisotopic (exact) mass is 177 g/mol. The van der Waals surface area contributed by atoms with Gasteiger partial charge in [-0.25, -0.2) is 0 Å². The van der Waals surface area contributed by atoms with E-state index in [0.717, 1.165) is 12.0 Å². The topological polar surface area (TPSA) is 51.3 Å². The van der Waals surface area contributed by atoms with E-state index in [-0.39, 0.29) is 6.04 Å². The lowest BCUT2D eigenvalue weighted by atomic mass is 10.1. The molecule has 1 aromatic rings. The summed E-state index contributed by atoms with van der Waals surface area (Å²) in [6, 6.07) is 4.04. The van der Waals surface area contributed by atoms with Crippen LogP contribution in [0.3, 0.4) is 0 Å². The van der Waals surface area contributed by atoms with Crippen LogP contribution in [0.25, 0.3) is 0 Å². The van der Waals surface area contributed by atoms with Crippen molar-refractivity contribution >= 4 is 5.84 Å². The molecule has 1 aromatic heterocycles. The van der Waals surface area contributed by atoms with Crippen molar-refractivity contribution in [3.8, 4) is 0 Å². The molecule has 13 heavy (non-hydrogen) atoms. The van der Waals surface area contributed by atoms with Crippen molar-refractivity contribution < 1.29 is 0 Å². The third-order valence-electron chi connectivity index (χ3n) is 1.91. The molecule has 2 N–H and O–H groups in total. The molecular weight excluding hydrogens is 162 g/mol. The van der Waals surface area contributed by atoms with Crippen LogP contribution in [0.1, 0.15) is 31.9 Å². The lowest BCUT2D eigenvalue weighted by Crippen LogP contribution is -2.11. The van der Waals surface area contributed by atoms with Crippen LogP contribution in [0.15, 0.2) is 29.5 Å². The van der Waals surface area contributed by atoms with Gasteiger partial charge in [0.1, 0.15) is 0 Å². The standard InChI is InChI=1S/C10H15N3/c1-3-10(11)13-8(2)9-4-6-12-7-5-9/h4-8H,3H2,1-2H3,(H2,11,13). The van der Waals surface area contributed by atoms with Crippen LogP contribution >= 0.6 is 0 Å². The lowest BCUT2D eigenvalue weighted by molar-refractivity contribution is 0.810. The average molecular weight is 177 g/mol. The van der Waals surface area contributed by atoms with E-state index in [9.17, 15) is 0 Å². The fourth-order valence-electron chi connectivity index (χ4n) is 1.06. The summed E-state index contributed by atoms with van der Waals surface area (Å²) < 4.78 is 0. The fraction of sp³-hybridized carbons (Fsp3) is 0.400. The molecule has 1 rings (SSSR count). The molecule has 0 saturated carbocycles. The van der Waals surface area contributed by atoms with Gasteiger partial charge in [0, 0.05) is 18.8 Å². The Morgan fingerprint density at radius 2 is 2.15 bits per heavy atom. The molecular formula is C10H15N3. The highest BCUT2D eigenvalue weighted by atomic mass is 14.9. The van der Waals surface area contributed by atoms with E-state index in [0.29, 0.717) is 5.84 Å². The molecule has 1 heterocycles. The number of aromatic nitrogens is 1. The molecule has 0 aliphatic carbocycles. The zero-order valence-corrected chi connectivity index (χ0v) is 8.07. The fourth-order valence-corrected chi connectivity index (χ4v) is 1.06. The SMILES string of the molecule is CCC(N)=NC(C)c1ccncc1. The quantitative estimate of drug-likeness (QED) is 0.566. The third kappa shape index (κ3) is 2.86. The van der Waals surface area contributed by atoms with Crippen molar-refractivity contribution in [2.45, 2.75) is 26.3 Å². The van der Waals surface area contributed by atoms with E-state index in [1.54, 1.807) is 12.4 Å². The van der Waals surface area contributed by atoms with Gasteiger partial charge in [-0.05, 0) is 24.6 Å². The van der Waals surface area contributed by atoms with Crippen molar-refractivity contribution in [2.75, 3.05) is 0 Å². The molecule has 0 aromatic carbocycles. The summed E-state index contributed by atoms with van der Waals surface area (Å²) in [5, 5.41) is 0. The Balaban J connectivity index is 2.75. The van der Waals surface area contributed by atoms with Gasteiger partial charge >= 0.3 is 0 Å². The van der Waals surface area contributed by atoms with E-state index in [2.05, 4.69) is 9.98 Å². The minimum Gasteiger partial charge on any atom is -0.387 e. The molecule has 1 atom stereocenters. The summed E-state index contributed by atoms with van der Waals surface area (Å²) in [5.41, 5.74) is 6.79. The summed E-state index contributed by atoms with van der Waals surface area (Å²) in [5.74, 6) is 0.698. The van der Waals surface area contributed by atoms with Gasteiger partial charge in [-0.15, -0.1) is 0 Å². The predicted molar refractivity (Wildman–Crippen MR) is 54.6 cm³/mol. The second-order valence-corrected chi connectivity index (χ2v) is 2.93. The Morgan fingerprint density at radius 3 is 2.69 bits per heavy atom. The molecule has 1 unspecified atom stereocenters. The van der Waals surface area contributed by atoms with E-state index in [1.165, 1.54) is 0 Å². The van der Waals surface area contributed by atoms with Gasteiger partial charge in [0.25, 0.3) is 0 Å². The highest BCUT2D eigenvalue weighted by molar-refractivity contribution is 5.80. The second-order valence-electron chi connectivity index (χ2n) is 2.93. The highest BCUT2D eigenvalue weighted by Gasteiger charge is 2.01. The van der Waals surface area contributed by atoms with E-state index >= 15 is 0 Å². The maximum Gasteiger partial charge on any atom is 0.0941 e. The highest BCUT2D eigenvalue weighted by Crippen LogP contribution is 2.14. The Bertz CT molecular complexity index is 279. The van der Waals surface area contributed by atoms with Gasteiger partial charge in [-0.3, -0.25) is 9.98 Å². The first-order valence-electron chi connectivity index (χ1n) is 4.46. The summed E-state index contributed by atoms with van der Waals surface area (Å²) in [4.78, 5) is 8.28. The first kappa shape index (κ1) is 9.71. The third-order valence-corrected chi connectivity index (χ3v) is 1.91. The molecule has 0 saturated heterocycles. The van der Waals surface area contributed by atoms with Gasteiger partial charge in [0.2, 0.25) is 0 Å². The summed E-state index contributed by atoms with van der Waals surface area (Å²) >= 11 is 0. The van der Waals surface area contributed by atoms with Gasteiger partial charge in [-0.1, -0.05) is 6.92 Å². The number of amidine groups is 1. The maximum absolute atomic E-state index is 5.65. The molecule has 70 valence electrons. The first-order chi connectivity index (χ1) is 6.24. The number of nitrogens with zero attached hydrogens (tertiary/aromatic N) is 2. The second kappa shape index (κ2) is 4.60. The van der Waals surface area contributed by atoms with Crippen molar-refractivity contribution in [3.05, 3.63) is 30.1 Å². The maximum atomic E-state index is 5.65. The van der Waals surface area contributed by atoms with Crippen LogP contribution < -0.4 is 5.73 Å². The van der Waals surface area contributed by atoms with Gasteiger partial charge in [0.05, 0.1) is 11.9 Å². The summed E-state index contributed by atoms with van der Waals surface area (Å²) in [6.07, 6.45) is 4.34. The number of nitrogens with two attached hydrogens (primary N) is 1. The Hall–Kier alpha value is -1.38. The number of aliphatic imine (C=N–C) groups is 1. The van der Waals surface area contributed by atoms with Crippen LogP contribution in [0, 0.1) is 0 Å². The molecule has 3 nitrogen and oxygen atoms in total. The normalized spacial score (nSPS) is 14.2. The van der Waals surface area contributed by atoms with Crippen molar-refractivity contribution in [1.29, 1.82) is 0 Å².